The van der Waals surface area contributed by atoms with Crippen molar-refractivity contribution in [3.63, 3.8) is 0 Å². The summed E-state index contributed by atoms with van der Waals surface area (Å²) in [7, 11) is 3.26. The summed E-state index contributed by atoms with van der Waals surface area (Å²) in [6, 6.07) is 13.8. The lowest BCUT2D eigenvalue weighted by Crippen LogP contribution is -2.45. The zero-order valence-electron chi connectivity index (χ0n) is 15.6. The van der Waals surface area contributed by atoms with E-state index in [1.165, 1.54) is 5.56 Å². The number of fused-ring (bicyclic) bond motifs is 1. The molecule has 1 aliphatic heterocycles. The fourth-order valence-corrected chi connectivity index (χ4v) is 3.36. The van der Waals surface area contributed by atoms with Gasteiger partial charge in [-0.3, -0.25) is 4.79 Å². The molecular weight excluding hydrogens is 328 g/mol. The molecule has 1 amide bonds. The van der Waals surface area contributed by atoms with Crippen molar-refractivity contribution in [3.8, 4) is 11.5 Å². The summed E-state index contributed by atoms with van der Waals surface area (Å²) in [5.41, 5.74) is 3.44. The first kappa shape index (κ1) is 18.3. The van der Waals surface area contributed by atoms with E-state index in [1.807, 2.05) is 48.2 Å². The largest absolute Gasteiger partial charge is 0.493 e. The van der Waals surface area contributed by atoms with Crippen LogP contribution in [0.2, 0.25) is 0 Å². The topological polar surface area (TPSA) is 50.8 Å². The third-order valence-corrected chi connectivity index (χ3v) is 4.84. The lowest BCUT2D eigenvalue weighted by molar-refractivity contribution is -0.120. The SMILES string of the molecule is COc1ccc(CCN[C@@H](C)C(=O)N2CCc3ccccc32)cc1OC. The number of para-hydroxylation sites is 1. The molecule has 0 aromatic heterocycles. The summed E-state index contributed by atoms with van der Waals surface area (Å²) in [5.74, 6) is 1.57. The number of rotatable bonds is 7. The third-order valence-electron chi connectivity index (χ3n) is 4.84. The summed E-state index contributed by atoms with van der Waals surface area (Å²) in [5, 5.41) is 3.34. The van der Waals surface area contributed by atoms with Gasteiger partial charge in [0.15, 0.2) is 11.5 Å². The molecule has 0 saturated carbocycles. The monoisotopic (exact) mass is 354 g/mol. The number of nitrogens with zero attached hydrogens (tertiary/aromatic N) is 1. The highest BCUT2D eigenvalue weighted by Gasteiger charge is 2.27. The number of nitrogens with one attached hydrogen (secondary N) is 1. The van der Waals surface area contributed by atoms with Gasteiger partial charge in [-0.15, -0.1) is 0 Å². The average Bonchev–Trinajstić information content (AvgIpc) is 3.11. The number of carbonyl (C=O) groups is 1. The van der Waals surface area contributed by atoms with E-state index in [0.29, 0.717) is 0 Å². The van der Waals surface area contributed by atoms with E-state index < -0.39 is 0 Å². The minimum atomic E-state index is -0.221. The molecule has 3 rings (SSSR count). The number of amides is 1. The quantitative estimate of drug-likeness (QED) is 0.831. The van der Waals surface area contributed by atoms with E-state index in [1.54, 1.807) is 14.2 Å². The molecule has 1 atom stereocenters. The summed E-state index contributed by atoms with van der Waals surface area (Å²) in [6.07, 6.45) is 1.74. The number of hydrogen-bond acceptors (Lipinski definition) is 4. The standard InChI is InChI=1S/C21H26N2O3/c1-15(21(24)23-13-11-17-6-4-5-7-18(17)23)22-12-10-16-8-9-19(25-2)20(14-16)26-3/h4-9,14-15,22H,10-13H2,1-3H3/t15-/m0/s1. The zero-order chi connectivity index (χ0) is 18.5. The first-order valence-electron chi connectivity index (χ1n) is 8.97. The molecule has 0 aliphatic carbocycles. The van der Waals surface area contributed by atoms with Crippen LogP contribution in [0.25, 0.3) is 0 Å². The van der Waals surface area contributed by atoms with Gasteiger partial charge in [-0.2, -0.15) is 0 Å². The maximum absolute atomic E-state index is 12.8. The molecule has 0 radical (unpaired) electrons. The molecule has 0 spiro atoms. The Hall–Kier alpha value is -2.53. The van der Waals surface area contributed by atoms with Crippen LogP contribution in [0, 0.1) is 0 Å². The van der Waals surface area contributed by atoms with E-state index in [4.69, 9.17) is 9.47 Å². The molecule has 138 valence electrons. The number of carbonyl (C=O) groups excluding carboxylic acids is 1. The van der Waals surface area contributed by atoms with Crippen molar-refractivity contribution in [2.24, 2.45) is 0 Å². The molecule has 0 fully saturated rings. The Labute approximate surface area is 154 Å². The second-order valence-corrected chi connectivity index (χ2v) is 6.48. The van der Waals surface area contributed by atoms with Gasteiger partial charge in [0.2, 0.25) is 5.91 Å². The summed E-state index contributed by atoms with van der Waals surface area (Å²) >= 11 is 0. The Morgan fingerprint density at radius 2 is 1.92 bits per heavy atom. The van der Waals surface area contributed by atoms with E-state index in [2.05, 4.69) is 11.4 Å². The molecule has 2 aromatic carbocycles. The number of anilines is 1. The van der Waals surface area contributed by atoms with Crippen molar-refractivity contribution in [3.05, 3.63) is 53.6 Å². The smallest absolute Gasteiger partial charge is 0.243 e. The van der Waals surface area contributed by atoms with Gasteiger partial charge < -0.3 is 19.7 Å². The van der Waals surface area contributed by atoms with Crippen molar-refractivity contribution < 1.29 is 14.3 Å². The third kappa shape index (κ3) is 3.83. The minimum absolute atomic E-state index is 0.127. The lowest BCUT2D eigenvalue weighted by atomic mass is 10.1. The molecule has 0 bridgehead atoms. The fraction of sp³-hybridized carbons (Fsp3) is 0.381. The Morgan fingerprint density at radius 3 is 2.69 bits per heavy atom. The second-order valence-electron chi connectivity index (χ2n) is 6.48. The lowest BCUT2D eigenvalue weighted by Gasteiger charge is -2.22. The highest BCUT2D eigenvalue weighted by molar-refractivity contribution is 5.98. The van der Waals surface area contributed by atoms with Gasteiger partial charge in [-0.25, -0.2) is 0 Å². The van der Waals surface area contributed by atoms with Crippen LogP contribution in [0.1, 0.15) is 18.1 Å². The summed E-state index contributed by atoms with van der Waals surface area (Å²) in [4.78, 5) is 14.7. The predicted octanol–water partition coefficient (Wildman–Crippen LogP) is 2.81. The normalized spacial score (nSPS) is 14.0. The minimum Gasteiger partial charge on any atom is -0.493 e. The molecule has 26 heavy (non-hydrogen) atoms. The molecule has 0 unspecified atom stereocenters. The average molecular weight is 354 g/mol. The van der Waals surface area contributed by atoms with Gasteiger partial charge in [0.25, 0.3) is 0 Å². The Morgan fingerprint density at radius 1 is 1.15 bits per heavy atom. The van der Waals surface area contributed by atoms with Crippen LogP contribution >= 0.6 is 0 Å². The van der Waals surface area contributed by atoms with Crippen molar-refractivity contribution in [2.75, 3.05) is 32.2 Å². The van der Waals surface area contributed by atoms with Crippen LogP contribution in [0.5, 0.6) is 11.5 Å². The maximum atomic E-state index is 12.8. The first-order chi connectivity index (χ1) is 12.6. The Balaban J connectivity index is 1.55. The summed E-state index contributed by atoms with van der Waals surface area (Å²) in [6.45, 7) is 3.41. The van der Waals surface area contributed by atoms with Crippen LogP contribution in [0.4, 0.5) is 5.69 Å². The highest BCUT2D eigenvalue weighted by Crippen LogP contribution is 2.28. The van der Waals surface area contributed by atoms with E-state index in [0.717, 1.165) is 48.7 Å². The number of benzene rings is 2. The van der Waals surface area contributed by atoms with Crippen molar-refractivity contribution >= 4 is 11.6 Å². The zero-order valence-corrected chi connectivity index (χ0v) is 15.6. The molecule has 1 aliphatic rings. The molecule has 0 saturated heterocycles. The van der Waals surface area contributed by atoms with Crippen LogP contribution in [-0.4, -0.2) is 39.3 Å². The van der Waals surface area contributed by atoms with E-state index in [9.17, 15) is 4.79 Å². The maximum Gasteiger partial charge on any atom is 0.243 e. The van der Waals surface area contributed by atoms with Crippen LogP contribution in [-0.2, 0) is 17.6 Å². The Bertz CT molecular complexity index is 776. The molecule has 1 N–H and O–H groups in total. The van der Waals surface area contributed by atoms with E-state index in [-0.39, 0.29) is 11.9 Å². The van der Waals surface area contributed by atoms with Crippen LogP contribution in [0.15, 0.2) is 42.5 Å². The van der Waals surface area contributed by atoms with Gasteiger partial charge in [-0.1, -0.05) is 24.3 Å². The van der Waals surface area contributed by atoms with Crippen molar-refractivity contribution in [1.82, 2.24) is 5.32 Å². The molecule has 5 nitrogen and oxygen atoms in total. The van der Waals surface area contributed by atoms with Gasteiger partial charge in [0.05, 0.1) is 20.3 Å². The van der Waals surface area contributed by atoms with Crippen LogP contribution in [0.3, 0.4) is 0 Å². The predicted molar refractivity (Wildman–Crippen MR) is 103 cm³/mol. The van der Waals surface area contributed by atoms with Gasteiger partial charge >= 0.3 is 0 Å². The Kier molecular flexibility index (Phi) is 5.78. The van der Waals surface area contributed by atoms with Crippen molar-refractivity contribution in [2.45, 2.75) is 25.8 Å². The second kappa shape index (κ2) is 8.23. The molecule has 2 aromatic rings. The fourth-order valence-electron chi connectivity index (χ4n) is 3.36. The highest BCUT2D eigenvalue weighted by atomic mass is 16.5. The first-order valence-corrected chi connectivity index (χ1v) is 8.97. The molecule has 1 heterocycles. The van der Waals surface area contributed by atoms with E-state index >= 15 is 0 Å². The summed E-state index contributed by atoms with van der Waals surface area (Å²) < 4.78 is 10.6. The number of ether oxygens (including phenoxy) is 2. The van der Waals surface area contributed by atoms with Gasteiger partial charge in [-0.05, 0) is 55.6 Å². The van der Waals surface area contributed by atoms with Crippen LogP contribution < -0.4 is 19.7 Å². The van der Waals surface area contributed by atoms with Gasteiger partial charge in [0, 0.05) is 12.2 Å². The van der Waals surface area contributed by atoms with Crippen molar-refractivity contribution in [1.29, 1.82) is 0 Å². The van der Waals surface area contributed by atoms with Gasteiger partial charge in [0.1, 0.15) is 0 Å². The number of hydrogen-bond donors (Lipinski definition) is 1. The number of methoxy groups -OCH3 is 2. The molecular formula is C21H26N2O3. The molecule has 5 heteroatoms.